The molecule has 0 radical (unpaired) electrons. The van der Waals surface area contributed by atoms with E-state index in [-0.39, 0.29) is 0 Å². The summed E-state index contributed by atoms with van der Waals surface area (Å²) >= 11 is 0. The van der Waals surface area contributed by atoms with Crippen molar-refractivity contribution in [2.45, 2.75) is 84.6 Å². The third kappa shape index (κ3) is 15.9. The Bertz CT molecular complexity index is 507. The molecule has 1 rings (SSSR count). The predicted octanol–water partition coefficient (Wildman–Crippen LogP) is 4.23. The summed E-state index contributed by atoms with van der Waals surface area (Å²) in [6, 6.07) is 6.53. The number of nitrogens with zero attached hydrogens (tertiary/aromatic N) is 1. The van der Waals surface area contributed by atoms with Gasteiger partial charge in [0.25, 0.3) is 0 Å². The highest BCUT2D eigenvalue weighted by Crippen LogP contribution is 2.09. The first-order chi connectivity index (χ1) is 11.4. The number of pyridine rings is 1. The van der Waals surface area contributed by atoms with Crippen LogP contribution in [-0.2, 0) is 23.1 Å². The van der Waals surface area contributed by atoms with Crippen molar-refractivity contribution in [1.82, 2.24) is 0 Å². The fraction of sp³-hybridized carbons (Fsp3) is 0.737. The molecule has 0 bridgehead atoms. The van der Waals surface area contributed by atoms with E-state index in [1.807, 2.05) is 0 Å². The lowest BCUT2D eigenvalue weighted by atomic mass is 10.1. The Balaban J connectivity index is 0.000000922. The molecule has 0 fully saturated rings. The van der Waals surface area contributed by atoms with Crippen molar-refractivity contribution in [1.29, 1.82) is 0 Å². The Morgan fingerprint density at radius 3 is 1.92 bits per heavy atom. The summed E-state index contributed by atoms with van der Waals surface area (Å²) in [5, 5.41) is 0. The quantitative estimate of drug-likeness (QED) is 0.338. The van der Waals surface area contributed by atoms with Crippen molar-refractivity contribution in [3.8, 4) is 0 Å². The fourth-order valence-electron chi connectivity index (χ4n) is 2.64. The van der Waals surface area contributed by atoms with Crippen molar-refractivity contribution >= 4 is 10.1 Å². The molecule has 0 aliphatic carbocycles. The molecule has 1 aromatic rings. The van der Waals surface area contributed by atoms with E-state index in [4.69, 9.17) is 13.0 Å². The molecule has 0 aliphatic heterocycles. The molecule has 0 amide bonds. The van der Waals surface area contributed by atoms with Gasteiger partial charge in [-0.15, -0.1) is 0 Å². The summed E-state index contributed by atoms with van der Waals surface area (Å²) in [4.78, 5) is 0. The van der Waals surface area contributed by atoms with Gasteiger partial charge < -0.3 is 4.55 Å². The Morgan fingerprint density at radius 2 is 1.42 bits per heavy atom. The second-order valence-electron chi connectivity index (χ2n) is 6.27. The van der Waals surface area contributed by atoms with Crippen LogP contribution >= 0.6 is 0 Å². The van der Waals surface area contributed by atoms with Crippen LogP contribution < -0.4 is 4.57 Å². The molecular formula is C19H35NO3S. The minimum atomic E-state index is -3.92. The molecule has 0 saturated carbocycles. The molecule has 0 saturated heterocycles. The average Bonchev–Trinajstić information content (AvgIpc) is 2.52. The van der Waals surface area contributed by atoms with Gasteiger partial charge in [0.15, 0.2) is 11.9 Å². The number of rotatable bonds is 11. The van der Waals surface area contributed by atoms with Crippen molar-refractivity contribution in [3.63, 3.8) is 0 Å². The van der Waals surface area contributed by atoms with E-state index in [0.29, 0.717) is 6.26 Å². The van der Waals surface area contributed by atoms with Gasteiger partial charge in [-0.2, -0.15) is 0 Å². The summed E-state index contributed by atoms with van der Waals surface area (Å²) in [6.45, 7) is 5.72. The number of unbranched alkanes of at least 4 members (excludes halogenated alkanes) is 8. The monoisotopic (exact) mass is 357 g/mol. The first-order valence-corrected chi connectivity index (χ1v) is 11.1. The van der Waals surface area contributed by atoms with E-state index in [0.717, 1.165) is 6.42 Å². The van der Waals surface area contributed by atoms with Crippen molar-refractivity contribution in [3.05, 3.63) is 30.1 Å². The van der Waals surface area contributed by atoms with Crippen LogP contribution in [-0.4, -0.2) is 19.2 Å². The molecule has 24 heavy (non-hydrogen) atoms. The van der Waals surface area contributed by atoms with Crippen LogP contribution in [0.3, 0.4) is 0 Å². The van der Waals surface area contributed by atoms with Gasteiger partial charge in [-0.1, -0.05) is 64.9 Å². The molecular weight excluding hydrogens is 322 g/mol. The Hall–Kier alpha value is -0.940. The predicted molar refractivity (Wildman–Crippen MR) is 98.9 cm³/mol. The third-order valence-corrected chi connectivity index (χ3v) is 3.90. The number of aryl methyl sites for hydroxylation is 2. The van der Waals surface area contributed by atoms with E-state index in [9.17, 15) is 0 Å². The van der Waals surface area contributed by atoms with Gasteiger partial charge in [-0.05, 0) is 6.42 Å². The maximum absolute atomic E-state index is 9.08. The highest BCUT2D eigenvalue weighted by molar-refractivity contribution is 7.84. The molecule has 0 N–H and O–H groups in total. The van der Waals surface area contributed by atoms with Crippen molar-refractivity contribution in [2.24, 2.45) is 0 Å². The summed E-state index contributed by atoms with van der Waals surface area (Å²) in [5.41, 5.74) is 1.46. The smallest absolute Gasteiger partial charge is 0.181 e. The van der Waals surface area contributed by atoms with Gasteiger partial charge in [0, 0.05) is 31.2 Å². The lowest BCUT2D eigenvalue weighted by Gasteiger charge is -2.03. The maximum Gasteiger partial charge on any atom is 0.181 e. The lowest BCUT2D eigenvalue weighted by molar-refractivity contribution is -0.704. The van der Waals surface area contributed by atoms with Gasteiger partial charge in [-0.25, -0.2) is 13.0 Å². The Labute approximate surface area is 149 Å². The van der Waals surface area contributed by atoms with Crippen LogP contribution in [0.2, 0.25) is 0 Å². The molecule has 1 aromatic heterocycles. The summed E-state index contributed by atoms with van der Waals surface area (Å²) < 4.78 is 29.6. The van der Waals surface area contributed by atoms with E-state index >= 15 is 0 Å². The number of aromatic nitrogens is 1. The number of hydrogen-bond donors (Lipinski definition) is 0. The van der Waals surface area contributed by atoms with Crippen molar-refractivity contribution in [2.75, 3.05) is 6.26 Å². The zero-order chi connectivity index (χ0) is 18.3. The topological polar surface area (TPSA) is 61.1 Å². The largest absolute Gasteiger partial charge is 0.748 e. The molecule has 0 aromatic carbocycles. The van der Waals surface area contributed by atoms with Crippen LogP contribution in [0.15, 0.2) is 24.4 Å². The van der Waals surface area contributed by atoms with Crippen LogP contribution in [0.1, 0.15) is 77.3 Å². The molecule has 140 valence electrons. The van der Waals surface area contributed by atoms with Crippen LogP contribution in [0.4, 0.5) is 0 Å². The van der Waals surface area contributed by atoms with Crippen LogP contribution in [0.5, 0.6) is 0 Å². The zero-order valence-corrected chi connectivity index (χ0v) is 16.5. The molecule has 0 atom stereocenters. The highest BCUT2D eigenvalue weighted by atomic mass is 32.2. The van der Waals surface area contributed by atoms with Crippen LogP contribution in [0.25, 0.3) is 0 Å². The summed E-state index contributed by atoms with van der Waals surface area (Å²) in [5.74, 6) is 0. The Kier molecular flexibility index (Phi) is 13.8. The molecule has 0 spiro atoms. The van der Waals surface area contributed by atoms with Gasteiger partial charge in [-0.3, -0.25) is 0 Å². The number of hydrogen-bond acceptors (Lipinski definition) is 3. The highest BCUT2D eigenvalue weighted by Gasteiger charge is 2.05. The normalized spacial score (nSPS) is 11.0. The summed E-state index contributed by atoms with van der Waals surface area (Å²) in [6.07, 6.45) is 16.6. The molecule has 0 aliphatic rings. The minimum absolute atomic E-state index is 0.604. The zero-order valence-electron chi connectivity index (χ0n) is 15.7. The summed E-state index contributed by atoms with van der Waals surface area (Å²) in [7, 11) is -3.92. The second kappa shape index (κ2) is 14.4. The van der Waals surface area contributed by atoms with E-state index < -0.39 is 10.1 Å². The maximum atomic E-state index is 9.08. The van der Waals surface area contributed by atoms with Gasteiger partial charge in [0.1, 0.15) is 6.54 Å². The first-order valence-electron chi connectivity index (χ1n) is 9.26. The standard InChI is InChI=1S/C18H32N.CH4O3S/c1-3-5-6-7-8-9-10-11-13-16-19-17-14-12-15-18(19)4-2;1-5(2,3)4/h12,14-15,17H,3-11,13,16H2,1-2H3;1H3,(H,2,3,4)/q+1;/p-1. The molecule has 0 unspecified atom stereocenters. The van der Waals surface area contributed by atoms with E-state index in [1.165, 1.54) is 70.0 Å². The Morgan fingerprint density at radius 1 is 0.917 bits per heavy atom. The molecule has 1 heterocycles. The van der Waals surface area contributed by atoms with Gasteiger partial charge in [0.05, 0.1) is 10.1 Å². The van der Waals surface area contributed by atoms with Crippen LogP contribution in [0, 0.1) is 0 Å². The first kappa shape index (κ1) is 23.1. The SMILES string of the molecule is CCCCCCCCCCC[n+]1ccccc1CC.CS(=O)(=O)[O-]. The minimum Gasteiger partial charge on any atom is -0.748 e. The van der Waals surface area contributed by atoms with Crippen molar-refractivity contribution < 1.29 is 17.5 Å². The lowest BCUT2D eigenvalue weighted by Crippen LogP contribution is -2.37. The molecule has 4 nitrogen and oxygen atoms in total. The average molecular weight is 358 g/mol. The third-order valence-electron chi connectivity index (χ3n) is 3.90. The van der Waals surface area contributed by atoms with E-state index in [2.05, 4.69) is 42.8 Å². The van der Waals surface area contributed by atoms with Gasteiger partial charge in [0.2, 0.25) is 0 Å². The van der Waals surface area contributed by atoms with E-state index in [1.54, 1.807) is 0 Å². The fourth-order valence-corrected chi connectivity index (χ4v) is 2.64. The second-order valence-corrected chi connectivity index (χ2v) is 7.68. The van der Waals surface area contributed by atoms with Gasteiger partial charge >= 0.3 is 0 Å². The molecule has 5 heteroatoms.